The Morgan fingerprint density at radius 1 is 1.47 bits per heavy atom. The summed E-state index contributed by atoms with van der Waals surface area (Å²) in [5, 5.41) is 2.70. The third-order valence-corrected chi connectivity index (χ3v) is 2.61. The van der Waals surface area contributed by atoms with Crippen LogP contribution in [-0.4, -0.2) is 32.2 Å². The average molecular weight is 265 g/mol. The second kappa shape index (κ2) is 6.08. The number of methoxy groups -OCH3 is 1. The molecule has 1 aromatic carbocycles. The van der Waals surface area contributed by atoms with E-state index >= 15 is 0 Å². The molecule has 1 aliphatic rings. The van der Waals surface area contributed by atoms with Gasteiger partial charge in [0, 0.05) is 12.5 Å². The number of ether oxygens (including phenoxy) is 3. The predicted octanol–water partition coefficient (Wildman–Crippen LogP) is 1.35. The molecule has 0 saturated heterocycles. The number of benzene rings is 1. The van der Waals surface area contributed by atoms with E-state index in [0.29, 0.717) is 36.6 Å². The third kappa shape index (κ3) is 3.61. The first kappa shape index (κ1) is 13.2. The molecule has 0 saturated carbocycles. The zero-order valence-corrected chi connectivity index (χ0v) is 10.6. The zero-order valence-electron chi connectivity index (χ0n) is 10.6. The first-order valence-corrected chi connectivity index (χ1v) is 5.95. The van der Waals surface area contributed by atoms with Crippen molar-refractivity contribution in [1.82, 2.24) is 0 Å². The maximum Gasteiger partial charge on any atom is 0.305 e. The van der Waals surface area contributed by atoms with E-state index in [1.54, 1.807) is 18.2 Å². The van der Waals surface area contributed by atoms with Crippen LogP contribution in [0.4, 0.5) is 5.69 Å². The summed E-state index contributed by atoms with van der Waals surface area (Å²) in [4.78, 5) is 22.0. The first-order chi connectivity index (χ1) is 9.19. The number of carbonyl (C=O) groups excluding carboxylic acids is 2. The molecule has 0 aromatic heterocycles. The summed E-state index contributed by atoms with van der Waals surface area (Å²) in [6.45, 7) is 0.430. The number of carbonyl (C=O) groups is 2. The molecule has 6 nitrogen and oxygen atoms in total. The number of hydrogen-bond acceptors (Lipinski definition) is 5. The Labute approximate surface area is 110 Å². The van der Waals surface area contributed by atoms with E-state index in [9.17, 15) is 9.59 Å². The van der Waals surface area contributed by atoms with Crippen LogP contribution in [0.25, 0.3) is 0 Å². The number of fused-ring (bicyclic) bond motifs is 1. The van der Waals surface area contributed by atoms with Gasteiger partial charge in [-0.05, 0) is 18.6 Å². The first-order valence-electron chi connectivity index (χ1n) is 5.95. The van der Waals surface area contributed by atoms with Crippen molar-refractivity contribution >= 4 is 17.6 Å². The van der Waals surface area contributed by atoms with Crippen LogP contribution in [0.2, 0.25) is 0 Å². The molecule has 102 valence electrons. The van der Waals surface area contributed by atoms with Crippen molar-refractivity contribution < 1.29 is 23.8 Å². The van der Waals surface area contributed by atoms with Gasteiger partial charge >= 0.3 is 5.97 Å². The molecule has 1 aliphatic heterocycles. The molecule has 0 atom stereocenters. The van der Waals surface area contributed by atoms with E-state index in [4.69, 9.17) is 9.47 Å². The second-order valence-electron chi connectivity index (χ2n) is 4.02. The van der Waals surface area contributed by atoms with Crippen LogP contribution in [0.5, 0.6) is 11.5 Å². The van der Waals surface area contributed by atoms with Gasteiger partial charge < -0.3 is 19.5 Å². The van der Waals surface area contributed by atoms with Crippen LogP contribution >= 0.6 is 0 Å². The van der Waals surface area contributed by atoms with Crippen LogP contribution in [-0.2, 0) is 14.3 Å². The summed E-state index contributed by atoms with van der Waals surface area (Å²) in [7, 11) is 1.36. The van der Waals surface area contributed by atoms with Crippen molar-refractivity contribution in [3.8, 4) is 11.5 Å². The van der Waals surface area contributed by atoms with Gasteiger partial charge in [0.15, 0.2) is 6.61 Å². The van der Waals surface area contributed by atoms with Crippen molar-refractivity contribution in [1.29, 1.82) is 0 Å². The molecule has 1 N–H and O–H groups in total. The molecule has 2 rings (SSSR count). The summed E-state index contributed by atoms with van der Waals surface area (Å²) in [5.41, 5.74) is 0.637. The Morgan fingerprint density at radius 2 is 2.32 bits per heavy atom. The Morgan fingerprint density at radius 3 is 3.11 bits per heavy atom. The number of amides is 1. The Bertz CT molecular complexity index is 486. The quantitative estimate of drug-likeness (QED) is 0.642. The molecule has 1 heterocycles. The SMILES string of the molecule is COC(=O)CCCOc1ccc2c(c1)OCC(=O)N2. The van der Waals surface area contributed by atoms with E-state index < -0.39 is 0 Å². The molecule has 0 unspecified atom stereocenters. The second-order valence-corrected chi connectivity index (χ2v) is 4.02. The van der Waals surface area contributed by atoms with Crippen LogP contribution in [0, 0.1) is 0 Å². The topological polar surface area (TPSA) is 73.9 Å². The van der Waals surface area contributed by atoms with Gasteiger partial charge in [-0.15, -0.1) is 0 Å². The lowest BCUT2D eigenvalue weighted by molar-refractivity contribution is -0.140. The molecule has 0 aliphatic carbocycles. The van der Waals surface area contributed by atoms with Gasteiger partial charge in [0.25, 0.3) is 5.91 Å². The fourth-order valence-electron chi connectivity index (χ4n) is 1.65. The zero-order chi connectivity index (χ0) is 13.7. The highest BCUT2D eigenvalue weighted by atomic mass is 16.5. The van der Waals surface area contributed by atoms with Crippen molar-refractivity contribution in [3.05, 3.63) is 18.2 Å². The highest BCUT2D eigenvalue weighted by Gasteiger charge is 2.16. The molecule has 0 fully saturated rings. The van der Waals surface area contributed by atoms with Crippen molar-refractivity contribution in [2.45, 2.75) is 12.8 Å². The largest absolute Gasteiger partial charge is 0.493 e. The lowest BCUT2D eigenvalue weighted by atomic mass is 10.2. The van der Waals surface area contributed by atoms with Gasteiger partial charge in [-0.25, -0.2) is 0 Å². The lowest BCUT2D eigenvalue weighted by Crippen LogP contribution is -2.25. The number of rotatable bonds is 5. The van der Waals surface area contributed by atoms with Gasteiger partial charge in [0.1, 0.15) is 11.5 Å². The normalized spacial score (nSPS) is 13.0. The van der Waals surface area contributed by atoms with E-state index in [1.807, 2.05) is 0 Å². The minimum atomic E-state index is -0.250. The van der Waals surface area contributed by atoms with E-state index in [0.717, 1.165) is 0 Å². The predicted molar refractivity (Wildman–Crippen MR) is 67.3 cm³/mol. The Hall–Kier alpha value is -2.24. The van der Waals surface area contributed by atoms with E-state index in [2.05, 4.69) is 10.1 Å². The molecule has 1 amide bonds. The van der Waals surface area contributed by atoms with Crippen LogP contribution in [0.15, 0.2) is 18.2 Å². The number of esters is 1. The highest BCUT2D eigenvalue weighted by Crippen LogP contribution is 2.31. The summed E-state index contributed by atoms with van der Waals surface area (Å²) < 4.78 is 15.3. The van der Waals surface area contributed by atoms with Crippen molar-refractivity contribution in [2.24, 2.45) is 0 Å². The maximum atomic E-state index is 11.1. The minimum Gasteiger partial charge on any atom is -0.493 e. The molecule has 6 heteroatoms. The van der Waals surface area contributed by atoms with Crippen molar-refractivity contribution in [2.75, 3.05) is 25.6 Å². The fourth-order valence-corrected chi connectivity index (χ4v) is 1.65. The van der Waals surface area contributed by atoms with Gasteiger partial charge in [-0.3, -0.25) is 9.59 Å². The number of nitrogens with one attached hydrogen (secondary N) is 1. The maximum absolute atomic E-state index is 11.1. The standard InChI is InChI=1S/C13H15NO5/c1-17-13(16)3-2-6-18-9-4-5-10-11(7-9)19-8-12(15)14-10/h4-5,7H,2-3,6,8H2,1H3,(H,14,15). The fraction of sp³-hybridized carbons (Fsp3) is 0.385. The monoisotopic (exact) mass is 265 g/mol. The lowest BCUT2D eigenvalue weighted by Gasteiger charge is -2.18. The van der Waals surface area contributed by atoms with Crippen LogP contribution < -0.4 is 14.8 Å². The Balaban J connectivity index is 1.85. The summed E-state index contributed by atoms with van der Waals surface area (Å²) >= 11 is 0. The Kier molecular flexibility index (Phi) is 4.22. The molecule has 19 heavy (non-hydrogen) atoms. The van der Waals surface area contributed by atoms with Crippen molar-refractivity contribution in [3.63, 3.8) is 0 Å². The molecule has 0 bridgehead atoms. The molecule has 0 radical (unpaired) electrons. The smallest absolute Gasteiger partial charge is 0.305 e. The van der Waals surface area contributed by atoms with Gasteiger partial charge in [-0.1, -0.05) is 0 Å². The number of anilines is 1. The summed E-state index contributed by atoms with van der Waals surface area (Å²) in [5.74, 6) is 0.809. The van der Waals surface area contributed by atoms with E-state index in [1.165, 1.54) is 7.11 Å². The summed E-state index contributed by atoms with van der Waals surface area (Å²) in [6.07, 6.45) is 0.912. The highest BCUT2D eigenvalue weighted by molar-refractivity contribution is 5.95. The van der Waals surface area contributed by atoms with E-state index in [-0.39, 0.29) is 18.5 Å². The third-order valence-electron chi connectivity index (χ3n) is 2.61. The van der Waals surface area contributed by atoms with Gasteiger partial charge in [0.05, 0.1) is 19.4 Å². The summed E-state index contributed by atoms with van der Waals surface area (Å²) in [6, 6.07) is 5.18. The van der Waals surface area contributed by atoms with Crippen LogP contribution in [0.1, 0.15) is 12.8 Å². The molecular formula is C13H15NO5. The molecule has 0 spiro atoms. The van der Waals surface area contributed by atoms with Gasteiger partial charge in [-0.2, -0.15) is 0 Å². The minimum absolute atomic E-state index is 0.0127. The average Bonchev–Trinajstić information content (AvgIpc) is 2.43. The number of hydrogen-bond donors (Lipinski definition) is 1. The molecular weight excluding hydrogens is 250 g/mol. The molecule has 1 aromatic rings. The van der Waals surface area contributed by atoms with Gasteiger partial charge in [0.2, 0.25) is 0 Å². The van der Waals surface area contributed by atoms with Crippen LogP contribution in [0.3, 0.4) is 0 Å².